The first-order valence-corrected chi connectivity index (χ1v) is 9.53. The SMILES string of the molecule is CC(C)[C@H](NCC(=O)Nc1ccc(N2CCCC2=O)cc1)c1ccccc1. The van der Waals surface area contributed by atoms with Gasteiger partial charge in [0.15, 0.2) is 0 Å². The summed E-state index contributed by atoms with van der Waals surface area (Å²) in [6, 6.07) is 17.7. The van der Waals surface area contributed by atoms with Gasteiger partial charge in [-0.2, -0.15) is 0 Å². The van der Waals surface area contributed by atoms with Gasteiger partial charge in [0, 0.05) is 30.4 Å². The van der Waals surface area contributed by atoms with Gasteiger partial charge in [-0.05, 0) is 42.2 Å². The quantitative estimate of drug-likeness (QED) is 0.786. The zero-order valence-electron chi connectivity index (χ0n) is 15.9. The molecule has 3 rings (SSSR count). The first-order valence-electron chi connectivity index (χ1n) is 9.53. The van der Waals surface area contributed by atoms with Crippen LogP contribution in [0.25, 0.3) is 0 Å². The molecule has 27 heavy (non-hydrogen) atoms. The standard InChI is InChI=1S/C22H27N3O2/c1-16(2)22(17-7-4-3-5-8-17)23-15-20(26)24-18-10-12-19(13-11-18)25-14-6-9-21(25)27/h3-5,7-8,10-13,16,22-23H,6,9,14-15H2,1-2H3,(H,24,26)/t22-/m0/s1. The lowest BCUT2D eigenvalue weighted by Crippen LogP contribution is -2.33. The molecule has 0 aliphatic carbocycles. The lowest BCUT2D eigenvalue weighted by Gasteiger charge is -2.22. The summed E-state index contributed by atoms with van der Waals surface area (Å²) in [7, 11) is 0. The second kappa shape index (κ2) is 8.82. The van der Waals surface area contributed by atoms with E-state index in [0.29, 0.717) is 12.3 Å². The fourth-order valence-electron chi connectivity index (χ4n) is 3.45. The van der Waals surface area contributed by atoms with Crippen LogP contribution in [0.5, 0.6) is 0 Å². The summed E-state index contributed by atoms with van der Waals surface area (Å²) in [6.45, 7) is 5.29. The molecule has 142 valence electrons. The van der Waals surface area contributed by atoms with Crippen LogP contribution < -0.4 is 15.5 Å². The second-order valence-electron chi connectivity index (χ2n) is 7.26. The highest BCUT2D eigenvalue weighted by molar-refractivity contribution is 5.96. The fraction of sp³-hybridized carbons (Fsp3) is 0.364. The predicted octanol–water partition coefficient (Wildman–Crippen LogP) is 3.74. The summed E-state index contributed by atoms with van der Waals surface area (Å²) in [5.41, 5.74) is 2.80. The van der Waals surface area contributed by atoms with Gasteiger partial charge in [0.1, 0.15) is 0 Å². The van der Waals surface area contributed by atoms with Gasteiger partial charge in [0.2, 0.25) is 11.8 Å². The molecule has 5 heteroatoms. The van der Waals surface area contributed by atoms with E-state index in [-0.39, 0.29) is 24.4 Å². The number of anilines is 2. The van der Waals surface area contributed by atoms with Gasteiger partial charge in [-0.1, -0.05) is 44.2 Å². The van der Waals surface area contributed by atoms with E-state index in [1.807, 2.05) is 42.5 Å². The van der Waals surface area contributed by atoms with Gasteiger partial charge in [0.05, 0.1) is 6.54 Å². The monoisotopic (exact) mass is 365 g/mol. The van der Waals surface area contributed by atoms with Crippen LogP contribution in [0.1, 0.15) is 38.3 Å². The summed E-state index contributed by atoms with van der Waals surface area (Å²) < 4.78 is 0. The number of rotatable bonds is 7. The van der Waals surface area contributed by atoms with Crippen LogP contribution in [0.15, 0.2) is 54.6 Å². The number of nitrogens with zero attached hydrogens (tertiary/aromatic N) is 1. The van der Waals surface area contributed by atoms with Crippen molar-refractivity contribution in [1.82, 2.24) is 5.32 Å². The van der Waals surface area contributed by atoms with Crippen molar-refractivity contribution in [1.29, 1.82) is 0 Å². The Morgan fingerprint density at radius 2 is 1.78 bits per heavy atom. The third-order valence-electron chi connectivity index (χ3n) is 4.84. The topological polar surface area (TPSA) is 61.4 Å². The van der Waals surface area contributed by atoms with Crippen LogP contribution in [-0.2, 0) is 9.59 Å². The van der Waals surface area contributed by atoms with E-state index in [9.17, 15) is 9.59 Å². The Morgan fingerprint density at radius 3 is 2.37 bits per heavy atom. The van der Waals surface area contributed by atoms with E-state index >= 15 is 0 Å². The van der Waals surface area contributed by atoms with Crippen molar-refractivity contribution in [3.8, 4) is 0 Å². The molecule has 2 aromatic rings. The molecule has 1 aliphatic heterocycles. The number of amides is 2. The van der Waals surface area contributed by atoms with Gasteiger partial charge < -0.3 is 15.5 Å². The molecule has 1 aliphatic rings. The Labute approximate surface area is 160 Å². The van der Waals surface area contributed by atoms with E-state index in [0.717, 1.165) is 24.3 Å². The molecule has 2 N–H and O–H groups in total. The first kappa shape index (κ1) is 19.1. The van der Waals surface area contributed by atoms with Crippen LogP contribution >= 0.6 is 0 Å². The van der Waals surface area contributed by atoms with Gasteiger partial charge in [-0.25, -0.2) is 0 Å². The van der Waals surface area contributed by atoms with Crippen molar-refractivity contribution in [2.75, 3.05) is 23.3 Å². The first-order chi connectivity index (χ1) is 13.0. The maximum absolute atomic E-state index is 12.3. The summed E-state index contributed by atoms with van der Waals surface area (Å²) in [5.74, 6) is 0.454. The molecular weight excluding hydrogens is 338 g/mol. The van der Waals surface area contributed by atoms with Crippen molar-refractivity contribution in [3.05, 3.63) is 60.2 Å². The van der Waals surface area contributed by atoms with E-state index in [1.54, 1.807) is 4.90 Å². The molecule has 0 saturated carbocycles. The Balaban J connectivity index is 1.55. The molecule has 0 unspecified atom stereocenters. The van der Waals surface area contributed by atoms with E-state index in [2.05, 4.69) is 36.6 Å². The minimum Gasteiger partial charge on any atom is -0.325 e. The van der Waals surface area contributed by atoms with E-state index in [4.69, 9.17) is 0 Å². The largest absolute Gasteiger partial charge is 0.325 e. The maximum Gasteiger partial charge on any atom is 0.238 e. The second-order valence-corrected chi connectivity index (χ2v) is 7.26. The summed E-state index contributed by atoms with van der Waals surface area (Å²) in [5, 5.41) is 6.26. The third-order valence-corrected chi connectivity index (χ3v) is 4.84. The predicted molar refractivity (Wildman–Crippen MR) is 109 cm³/mol. The van der Waals surface area contributed by atoms with Crippen molar-refractivity contribution in [2.24, 2.45) is 5.92 Å². The van der Waals surface area contributed by atoms with Crippen LogP contribution in [0.3, 0.4) is 0 Å². The number of carbonyl (C=O) groups excluding carboxylic acids is 2. The Hall–Kier alpha value is -2.66. The van der Waals surface area contributed by atoms with Crippen LogP contribution in [0.2, 0.25) is 0 Å². The number of benzene rings is 2. The molecule has 1 atom stereocenters. The molecule has 2 aromatic carbocycles. The van der Waals surface area contributed by atoms with E-state index < -0.39 is 0 Å². The molecule has 0 radical (unpaired) electrons. The van der Waals surface area contributed by atoms with Crippen LogP contribution in [0.4, 0.5) is 11.4 Å². The van der Waals surface area contributed by atoms with Crippen LogP contribution in [-0.4, -0.2) is 24.9 Å². The number of nitrogens with one attached hydrogen (secondary N) is 2. The highest BCUT2D eigenvalue weighted by Crippen LogP contribution is 2.23. The molecular formula is C22H27N3O2. The normalized spacial score (nSPS) is 15.2. The molecule has 0 bridgehead atoms. The summed E-state index contributed by atoms with van der Waals surface area (Å²) in [4.78, 5) is 25.9. The Morgan fingerprint density at radius 1 is 1.07 bits per heavy atom. The minimum absolute atomic E-state index is 0.0819. The van der Waals surface area contributed by atoms with E-state index in [1.165, 1.54) is 5.56 Å². The average Bonchev–Trinajstić information content (AvgIpc) is 3.09. The van der Waals surface area contributed by atoms with Crippen molar-refractivity contribution < 1.29 is 9.59 Å². The molecule has 1 fully saturated rings. The van der Waals surface area contributed by atoms with Gasteiger partial charge >= 0.3 is 0 Å². The highest BCUT2D eigenvalue weighted by atomic mass is 16.2. The van der Waals surface area contributed by atoms with Gasteiger partial charge in [0.25, 0.3) is 0 Å². The number of hydrogen-bond acceptors (Lipinski definition) is 3. The van der Waals surface area contributed by atoms with Crippen molar-refractivity contribution >= 4 is 23.2 Å². The zero-order chi connectivity index (χ0) is 19.2. The van der Waals surface area contributed by atoms with Crippen LogP contribution in [0, 0.1) is 5.92 Å². The highest BCUT2D eigenvalue weighted by Gasteiger charge is 2.21. The molecule has 5 nitrogen and oxygen atoms in total. The molecule has 0 aromatic heterocycles. The van der Waals surface area contributed by atoms with Crippen molar-refractivity contribution in [2.45, 2.75) is 32.7 Å². The van der Waals surface area contributed by atoms with Gasteiger partial charge in [-0.15, -0.1) is 0 Å². The average molecular weight is 365 g/mol. The fourth-order valence-corrected chi connectivity index (χ4v) is 3.45. The summed E-state index contributed by atoms with van der Waals surface area (Å²) in [6.07, 6.45) is 1.52. The third kappa shape index (κ3) is 4.95. The molecule has 0 spiro atoms. The Bertz CT molecular complexity index is 772. The summed E-state index contributed by atoms with van der Waals surface area (Å²) >= 11 is 0. The van der Waals surface area contributed by atoms with Gasteiger partial charge in [-0.3, -0.25) is 9.59 Å². The number of hydrogen-bond donors (Lipinski definition) is 2. The molecule has 1 heterocycles. The zero-order valence-corrected chi connectivity index (χ0v) is 15.9. The maximum atomic E-state index is 12.3. The smallest absolute Gasteiger partial charge is 0.238 e. The minimum atomic E-state index is -0.0819. The van der Waals surface area contributed by atoms with Crippen molar-refractivity contribution in [3.63, 3.8) is 0 Å². The molecule has 1 saturated heterocycles. The molecule has 2 amide bonds. The Kier molecular flexibility index (Phi) is 6.24. The lowest BCUT2D eigenvalue weighted by molar-refractivity contribution is -0.117. The number of carbonyl (C=O) groups is 2. The lowest BCUT2D eigenvalue weighted by atomic mass is 9.96.